The molecule has 4 rings (SSSR count). The van der Waals surface area contributed by atoms with Crippen LogP contribution < -0.4 is 10.1 Å². The summed E-state index contributed by atoms with van der Waals surface area (Å²) < 4.78 is 9.93. The second kappa shape index (κ2) is 15.8. The van der Waals surface area contributed by atoms with E-state index in [9.17, 15) is 14.7 Å². The molecule has 0 bridgehead atoms. The first kappa shape index (κ1) is 33.2. The van der Waals surface area contributed by atoms with Gasteiger partial charge in [-0.05, 0) is 68.4 Å². The van der Waals surface area contributed by atoms with Gasteiger partial charge in [0, 0.05) is 18.2 Å². The molecular formula is C32H38Cl2N2O6. The molecule has 8 nitrogen and oxygen atoms in total. The average Bonchev–Trinajstić information content (AvgIpc) is 2.96. The van der Waals surface area contributed by atoms with Gasteiger partial charge in [0.1, 0.15) is 5.75 Å². The number of aliphatic hydroxyl groups is 1. The molecule has 3 N–H and O–H groups in total. The molecule has 0 aliphatic heterocycles. The molecule has 1 fully saturated rings. The van der Waals surface area contributed by atoms with E-state index in [0.29, 0.717) is 32.9 Å². The fourth-order valence-corrected chi connectivity index (χ4v) is 5.57. The summed E-state index contributed by atoms with van der Waals surface area (Å²) in [4.78, 5) is 24.3. The number of hydrogen-bond donors (Lipinski definition) is 3. The summed E-state index contributed by atoms with van der Waals surface area (Å²) in [5.41, 5.74) is 2.09. The molecule has 3 aromatic rings. The van der Waals surface area contributed by atoms with Crippen molar-refractivity contribution in [2.75, 3.05) is 39.7 Å². The number of anilines is 2. The molecule has 226 valence electrons. The summed E-state index contributed by atoms with van der Waals surface area (Å²) in [6.45, 7) is 0.262. The van der Waals surface area contributed by atoms with Crippen molar-refractivity contribution in [1.29, 1.82) is 0 Å². The van der Waals surface area contributed by atoms with E-state index in [2.05, 4.69) is 29.0 Å². The van der Waals surface area contributed by atoms with Crippen LogP contribution in [0.1, 0.15) is 36.8 Å². The lowest BCUT2D eigenvalue weighted by Crippen LogP contribution is -2.43. The van der Waals surface area contributed by atoms with Crippen LogP contribution >= 0.6 is 23.2 Å². The highest BCUT2D eigenvalue weighted by Gasteiger charge is 2.40. The molecule has 1 aliphatic rings. The largest absolute Gasteiger partial charge is 0.497 e. The molecule has 10 heteroatoms. The van der Waals surface area contributed by atoms with Crippen molar-refractivity contribution in [3.05, 3.63) is 87.9 Å². The number of benzene rings is 3. The summed E-state index contributed by atoms with van der Waals surface area (Å²) in [5, 5.41) is 23.7. The first-order valence-electron chi connectivity index (χ1n) is 13.7. The maximum absolute atomic E-state index is 11.7. The summed E-state index contributed by atoms with van der Waals surface area (Å²) >= 11 is 12.2. The Morgan fingerprint density at radius 2 is 1.71 bits per heavy atom. The number of nitrogens with one attached hydrogen (secondary N) is 1. The van der Waals surface area contributed by atoms with Gasteiger partial charge < -0.3 is 29.9 Å². The number of rotatable bonds is 10. The molecule has 2 atom stereocenters. The van der Waals surface area contributed by atoms with Gasteiger partial charge in [0.15, 0.2) is 6.61 Å². The summed E-state index contributed by atoms with van der Waals surface area (Å²) in [7, 11) is 5.81. The minimum atomic E-state index is -1.20. The van der Waals surface area contributed by atoms with Crippen LogP contribution in [-0.4, -0.2) is 61.4 Å². The minimum absolute atomic E-state index is 0.0709. The lowest BCUT2D eigenvalue weighted by atomic mass is 9.71. The zero-order chi connectivity index (χ0) is 30.7. The quantitative estimate of drug-likeness (QED) is 0.220. The van der Waals surface area contributed by atoms with Crippen molar-refractivity contribution in [3.8, 4) is 5.75 Å². The zero-order valence-electron chi connectivity index (χ0n) is 24.1. The molecule has 0 heterocycles. The number of halogens is 2. The molecule has 1 saturated carbocycles. The second-order valence-electron chi connectivity index (χ2n) is 10.5. The van der Waals surface area contributed by atoms with Crippen LogP contribution in [0, 0.1) is 5.92 Å². The number of methoxy groups -OCH3 is 1. The standard InChI is InChI=1S/C16H13Cl2NO4.C16H25NO2/c17-11-5-3-6-12(18)16(11)19-13-7-2-1-4-10(13)8-15(22)23-9-14(20)21;1-17(2)12-14-7-4-5-10-16(14,18)13-8-6-9-15(11-13)19-3/h1-7,19H,8-9H2,(H,20,21);6,8-9,11,14,18H,4-5,7,10,12H2,1-3H3/t;14-,16+/m.1/s1. The number of esters is 1. The van der Waals surface area contributed by atoms with E-state index in [-0.39, 0.29) is 6.42 Å². The lowest BCUT2D eigenvalue weighted by molar-refractivity contribution is -0.154. The van der Waals surface area contributed by atoms with Gasteiger partial charge in [-0.3, -0.25) is 4.79 Å². The van der Waals surface area contributed by atoms with Gasteiger partial charge in [0.25, 0.3) is 0 Å². The summed E-state index contributed by atoms with van der Waals surface area (Å²) in [6.07, 6.45) is 4.17. The van der Waals surface area contributed by atoms with Gasteiger partial charge in [0.2, 0.25) is 0 Å². The Bertz CT molecular complexity index is 1330. The maximum atomic E-state index is 11.7. The number of para-hydroxylation sites is 2. The summed E-state index contributed by atoms with van der Waals surface area (Å²) in [5.74, 6) is -0.719. The monoisotopic (exact) mass is 616 g/mol. The molecule has 0 unspecified atom stereocenters. The topological polar surface area (TPSA) is 108 Å². The third kappa shape index (κ3) is 9.36. The average molecular weight is 618 g/mol. The number of hydrogen-bond acceptors (Lipinski definition) is 7. The van der Waals surface area contributed by atoms with Crippen molar-refractivity contribution < 1.29 is 29.3 Å². The van der Waals surface area contributed by atoms with E-state index in [1.165, 1.54) is 6.42 Å². The van der Waals surface area contributed by atoms with Gasteiger partial charge in [-0.15, -0.1) is 0 Å². The number of carbonyl (C=O) groups is 2. The summed E-state index contributed by atoms with van der Waals surface area (Å²) in [6, 6.07) is 20.1. The van der Waals surface area contributed by atoms with E-state index >= 15 is 0 Å². The van der Waals surface area contributed by atoms with Crippen LogP contribution in [0.25, 0.3) is 0 Å². The number of carboxylic acids is 1. The first-order chi connectivity index (χ1) is 20.0. The normalized spacial score (nSPS) is 18.0. The molecule has 3 aromatic carbocycles. The molecule has 0 saturated heterocycles. The van der Waals surface area contributed by atoms with Crippen molar-refractivity contribution in [2.24, 2.45) is 5.92 Å². The molecular weight excluding hydrogens is 579 g/mol. The lowest BCUT2D eigenvalue weighted by Gasteiger charge is -2.41. The molecule has 1 aliphatic carbocycles. The van der Waals surface area contributed by atoms with Crippen LogP contribution in [-0.2, 0) is 26.3 Å². The fourth-order valence-electron chi connectivity index (χ4n) is 5.08. The maximum Gasteiger partial charge on any atom is 0.341 e. The van der Waals surface area contributed by atoms with Crippen LogP contribution in [0.2, 0.25) is 10.0 Å². The Hall–Kier alpha value is -3.30. The molecule has 0 radical (unpaired) electrons. The molecule has 0 aromatic heterocycles. The zero-order valence-corrected chi connectivity index (χ0v) is 25.6. The van der Waals surface area contributed by atoms with Gasteiger partial charge in [0.05, 0.1) is 34.9 Å². The van der Waals surface area contributed by atoms with E-state index in [1.54, 1.807) is 49.6 Å². The second-order valence-corrected chi connectivity index (χ2v) is 11.3. The molecule has 42 heavy (non-hydrogen) atoms. The Balaban J connectivity index is 0.000000235. The number of ether oxygens (including phenoxy) is 2. The van der Waals surface area contributed by atoms with Crippen LogP contribution in [0.15, 0.2) is 66.7 Å². The van der Waals surface area contributed by atoms with Gasteiger partial charge in [-0.25, -0.2) is 4.79 Å². The van der Waals surface area contributed by atoms with Crippen molar-refractivity contribution in [2.45, 2.75) is 37.7 Å². The Kier molecular flexibility index (Phi) is 12.5. The number of nitrogens with zero attached hydrogens (tertiary/aromatic N) is 1. The Morgan fingerprint density at radius 1 is 1.02 bits per heavy atom. The van der Waals surface area contributed by atoms with E-state index in [0.717, 1.165) is 37.1 Å². The predicted octanol–water partition coefficient (Wildman–Crippen LogP) is 6.54. The van der Waals surface area contributed by atoms with E-state index in [4.69, 9.17) is 33.0 Å². The van der Waals surface area contributed by atoms with Gasteiger partial charge in [-0.1, -0.05) is 72.4 Å². The van der Waals surface area contributed by atoms with Crippen LogP contribution in [0.5, 0.6) is 5.75 Å². The van der Waals surface area contributed by atoms with E-state index in [1.807, 2.05) is 24.3 Å². The van der Waals surface area contributed by atoms with Gasteiger partial charge in [-0.2, -0.15) is 0 Å². The predicted molar refractivity (Wildman–Crippen MR) is 166 cm³/mol. The minimum Gasteiger partial charge on any atom is -0.497 e. The van der Waals surface area contributed by atoms with Crippen molar-refractivity contribution >= 4 is 46.5 Å². The number of aliphatic carboxylic acids is 1. The van der Waals surface area contributed by atoms with E-state index < -0.39 is 24.1 Å². The van der Waals surface area contributed by atoms with Crippen molar-refractivity contribution in [3.63, 3.8) is 0 Å². The highest BCUT2D eigenvalue weighted by Crippen LogP contribution is 2.42. The highest BCUT2D eigenvalue weighted by atomic mass is 35.5. The Morgan fingerprint density at radius 3 is 2.38 bits per heavy atom. The molecule has 0 spiro atoms. The van der Waals surface area contributed by atoms with Crippen molar-refractivity contribution in [1.82, 2.24) is 4.90 Å². The van der Waals surface area contributed by atoms with Crippen LogP contribution in [0.3, 0.4) is 0 Å². The van der Waals surface area contributed by atoms with Gasteiger partial charge >= 0.3 is 11.9 Å². The molecule has 0 amide bonds. The fraction of sp³-hybridized carbons (Fsp3) is 0.375. The third-order valence-corrected chi connectivity index (χ3v) is 7.75. The SMILES string of the molecule is COc1cccc([C@@]2(O)CCCC[C@@H]2CN(C)C)c1.O=C(O)COC(=O)Cc1ccccc1Nc1c(Cl)cccc1Cl. The first-order valence-corrected chi connectivity index (χ1v) is 14.5. The number of carboxylic acid groups (broad SMARTS) is 1. The number of carbonyl (C=O) groups excluding carboxylic acids is 1. The smallest absolute Gasteiger partial charge is 0.341 e. The van der Waals surface area contributed by atoms with Crippen LogP contribution in [0.4, 0.5) is 11.4 Å². The third-order valence-electron chi connectivity index (χ3n) is 7.12. The Labute approximate surface area is 257 Å². The highest BCUT2D eigenvalue weighted by molar-refractivity contribution is 6.39.